The predicted molar refractivity (Wildman–Crippen MR) is 167 cm³/mol. The van der Waals surface area contributed by atoms with Gasteiger partial charge in [-0.2, -0.15) is 4.57 Å². The van der Waals surface area contributed by atoms with Gasteiger partial charge in [0.1, 0.15) is 0 Å². The Bertz CT molecular complexity index is 1130. The van der Waals surface area contributed by atoms with Crippen LogP contribution in [0.5, 0.6) is 11.5 Å². The molecule has 7 heteroatoms. The van der Waals surface area contributed by atoms with Crippen molar-refractivity contribution in [3.63, 3.8) is 0 Å². The van der Waals surface area contributed by atoms with Gasteiger partial charge in [0.2, 0.25) is 11.4 Å². The molecular weight excluding hydrogens is 596 g/mol. The first-order chi connectivity index (χ1) is 19.6. The molecule has 0 fully saturated rings. The lowest BCUT2D eigenvalue weighted by Crippen LogP contribution is -3.00. The number of nitrogens with one attached hydrogen (secondary N) is 1. The molecule has 0 aliphatic carbocycles. The summed E-state index contributed by atoms with van der Waals surface area (Å²) in [7, 11) is 1.65. The smallest absolute Gasteiger partial charge is 0.228 e. The third-order valence-electron chi connectivity index (χ3n) is 7.32. The number of aryl methyl sites for hydroxylation is 1. The summed E-state index contributed by atoms with van der Waals surface area (Å²) in [5, 5.41) is 5.15. The number of nitrogens with zero attached hydrogens (tertiary/aromatic N) is 1. The Hall–Kier alpha value is -2.38. The molecule has 5 nitrogen and oxygen atoms in total. The summed E-state index contributed by atoms with van der Waals surface area (Å²) in [4.78, 5) is 12.7. The zero-order valence-electron chi connectivity index (χ0n) is 25.3. The number of carbonyl (C=O) groups is 1. The highest BCUT2D eigenvalue weighted by Crippen LogP contribution is 2.29. The van der Waals surface area contributed by atoms with Crippen LogP contribution in [-0.2, 0) is 17.8 Å². The number of hydrogen-bond acceptors (Lipinski definition) is 4. The SMILES string of the molecule is CCCCCCCCCCCCCCOc1ccc(CC(=O)Nc2ccc(C[n+]3cscc3C)cc2)cc1OC.[Br-]. The number of hydrogen-bond donors (Lipinski definition) is 1. The van der Waals surface area contributed by atoms with Gasteiger partial charge in [0.15, 0.2) is 23.7 Å². The number of thiazole rings is 1. The van der Waals surface area contributed by atoms with E-state index in [1.54, 1.807) is 18.4 Å². The van der Waals surface area contributed by atoms with E-state index in [0.29, 0.717) is 12.4 Å². The first kappa shape index (κ1) is 34.8. The molecule has 0 unspecified atom stereocenters. The van der Waals surface area contributed by atoms with Gasteiger partial charge in [0, 0.05) is 18.2 Å². The van der Waals surface area contributed by atoms with Gasteiger partial charge < -0.3 is 31.8 Å². The third-order valence-corrected chi connectivity index (χ3v) is 8.17. The number of rotatable bonds is 20. The van der Waals surface area contributed by atoms with E-state index in [2.05, 4.69) is 46.8 Å². The second-order valence-corrected chi connectivity index (χ2v) is 11.5. The van der Waals surface area contributed by atoms with Crippen LogP contribution in [0.4, 0.5) is 5.69 Å². The normalized spacial score (nSPS) is 10.7. The predicted octanol–water partition coefficient (Wildman–Crippen LogP) is 5.67. The quantitative estimate of drug-likeness (QED) is 0.127. The first-order valence-electron chi connectivity index (χ1n) is 15.2. The van der Waals surface area contributed by atoms with Gasteiger partial charge in [-0.25, -0.2) is 0 Å². The number of methoxy groups -OCH3 is 1. The molecule has 3 rings (SSSR count). The van der Waals surface area contributed by atoms with E-state index in [9.17, 15) is 4.79 Å². The van der Waals surface area contributed by atoms with Crippen molar-refractivity contribution in [3.05, 3.63) is 70.2 Å². The van der Waals surface area contributed by atoms with Gasteiger partial charge in [0.05, 0.1) is 25.5 Å². The number of aromatic nitrogens is 1. The summed E-state index contributed by atoms with van der Waals surface area (Å²) < 4.78 is 13.8. The fourth-order valence-corrected chi connectivity index (χ4v) is 5.64. The summed E-state index contributed by atoms with van der Waals surface area (Å²) in [6.45, 7) is 5.90. The third kappa shape index (κ3) is 13.4. The van der Waals surface area contributed by atoms with Crippen LogP contribution in [0.1, 0.15) is 101 Å². The summed E-state index contributed by atoms with van der Waals surface area (Å²) in [5.41, 5.74) is 6.27. The van der Waals surface area contributed by atoms with E-state index in [4.69, 9.17) is 9.47 Å². The van der Waals surface area contributed by atoms with Crippen molar-refractivity contribution in [2.24, 2.45) is 0 Å². The highest BCUT2D eigenvalue weighted by atomic mass is 79.9. The van der Waals surface area contributed by atoms with E-state index in [0.717, 1.165) is 30.0 Å². The molecule has 1 heterocycles. The van der Waals surface area contributed by atoms with Crippen LogP contribution < -0.4 is 36.3 Å². The molecular formula is C34H49BrN2O3S. The Morgan fingerprint density at radius 2 is 1.44 bits per heavy atom. The van der Waals surface area contributed by atoms with Crippen molar-refractivity contribution in [1.29, 1.82) is 0 Å². The number of ether oxygens (including phenoxy) is 2. The van der Waals surface area contributed by atoms with Gasteiger partial charge >= 0.3 is 0 Å². The Kier molecular flexibility index (Phi) is 17.4. The van der Waals surface area contributed by atoms with Crippen LogP contribution in [-0.4, -0.2) is 19.6 Å². The molecule has 3 aromatic rings. The average molecular weight is 646 g/mol. The Balaban J connectivity index is 0.00000588. The average Bonchev–Trinajstić information content (AvgIpc) is 3.36. The lowest BCUT2D eigenvalue weighted by molar-refractivity contribution is -0.689. The van der Waals surface area contributed by atoms with Crippen LogP contribution in [0.2, 0.25) is 0 Å². The molecule has 0 spiro atoms. The lowest BCUT2D eigenvalue weighted by atomic mass is 10.1. The Morgan fingerprint density at radius 3 is 2.02 bits per heavy atom. The fourth-order valence-electron chi connectivity index (χ4n) is 4.86. The maximum Gasteiger partial charge on any atom is 0.228 e. The van der Waals surface area contributed by atoms with Crippen molar-refractivity contribution in [1.82, 2.24) is 0 Å². The Morgan fingerprint density at radius 1 is 0.829 bits per heavy atom. The van der Waals surface area contributed by atoms with Crippen LogP contribution in [0.3, 0.4) is 0 Å². The summed E-state index contributed by atoms with van der Waals surface area (Å²) in [6.07, 6.45) is 16.2. The second kappa shape index (κ2) is 20.5. The highest BCUT2D eigenvalue weighted by Gasteiger charge is 2.11. The molecule has 1 amide bonds. The molecule has 41 heavy (non-hydrogen) atoms. The molecule has 0 aliphatic rings. The largest absolute Gasteiger partial charge is 1.00 e. The summed E-state index contributed by atoms with van der Waals surface area (Å²) in [6, 6.07) is 13.8. The van der Waals surface area contributed by atoms with E-state index in [1.165, 1.54) is 81.9 Å². The zero-order chi connectivity index (χ0) is 28.4. The van der Waals surface area contributed by atoms with E-state index < -0.39 is 0 Å². The van der Waals surface area contributed by atoms with Crippen LogP contribution in [0, 0.1) is 6.92 Å². The van der Waals surface area contributed by atoms with Gasteiger partial charge in [-0.05, 0) is 36.2 Å². The minimum atomic E-state index is -0.0528. The number of benzene rings is 2. The van der Waals surface area contributed by atoms with Crippen molar-refractivity contribution < 1.29 is 35.8 Å². The van der Waals surface area contributed by atoms with Crippen molar-refractivity contribution in [3.8, 4) is 11.5 Å². The van der Waals surface area contributed by atoms with Gasteiger partial charge in [0.25, 0.3) is 0 Å². The molecule has 226 valence electrons. The number of carbonyl (C=O) groups excluding carboxylic acids is 1. The minimum absolute atomic E-state index is 0. The van der Waals surface area contributed by atoms with E-state index in [-0.39, 0.29) is 29.3 Å². The maximum absolute atomic E-state index is 12.7. The van der Waals surface area contributed by atoms with Crippen LogP contribution in [0.15, 0.2) is 53.4 Å². The van der Waals surface area contributed by atoms with Gasteiger partial charge in [-0.3, -0.25) is 4.79 Å². The molecule has 0 aliphatic heterocycles. The molecule has 0 bridgehead atoms. The number of halogens is 1. The molecule has 2 aromatic carbocycles. The van der Waals surface area contributed by atoms with Gasteiger partial charge in [-0.1, -0.05) is 107 Å². The Labute approximate surface area is 262 Å². The van der Waals surface area contributed by atoms with Crippen molar-refractivity contribution in [2.45, 2.75) is 104 Å². The fraction of sp³-hybridized carbons (Fsp3) is 0.529. The molecule has 1 aromatic heterocycles. The molecule has 0 atom stereocenters. The second-order valence-electron chi connectivity index (χ2n) is 10.8. The maximum atomic E-state index is 12.7. The first-order valence-corrected chi connectivity index (χ1v) is 16.1. The summed E-state index contributed by atoms with van der Waals surface area (Å²) in [5.74, 6) is 1.36. The number of unbranched alkanes of at least 4 members (excludes halogenated alkanes) is 11. The lowest BCUT2D eigenvalue weighted by Gasteiger charge is -2.12. The van der Waals surface area contributed by atoms with E-state index in [1.807, 2.05) is 30.3 Å². The van der Waals surface area contributed by atoms with Crippen LogP contribution >= 0.6 is 11.3 Å². The number of anilines is 1. The molecule has 0 radical (unpaired) electrons. The zero-order valence-corrected chi connectivity index (χ0v) is 27.7. The monoisotopic (exact) mass is 644 g/mol. The topological polar surface area (TPSA) is 51.4 Å². The van der Waals surface area contributed by atoms with Crippen molar-refractivity contribution >= 4 is 22.9 Å². The standard InChI is InChI=1S/C34H48N2O3S.BrH/c1-4-5-6-7-8-9-10-11-12-13-14-15-22-39-32-21-18-30(23-33(32)38-3)24-34(37)35-31-19-16-29(17-20-31)25-36-27-40-26-28(36)2;/h16-21,23,26-27H,4-15,22,24-25H2,1-3H3;1H. The van der Waals surface area contributed by atoms with E-state index >= 15 is 0 Å². The van der Waals surface area contributed by atoms with Crippen molar-refractivity contribution in [2.75, 3.05) is 19.0 Å². The number of amides is 1. The minimum Gasteiger partial charge on any atom is -1.00 e. The molecule has 0 saturated carbocycles. The summed E-state index contributed by atoms with van der Waals surface area (Å²) >= 11 is 1.70. The van der Waals surface area contributed by atoms with Crippen LogP contribution in [0.25, 0.3) is 0 Å². The highest BCUT2D eigenvalue weighted by molar-refractivity contribution is 7.07. The van der Waals surface area contributed by atoms with Gasteiger partial charge in [-0.15, -0.1) is 0 Å². The molecule has 1 N–H and O–H groups in total. The molecule has 0 saturated heterocycles.